The monoisotopic (exact) mass is 927 g/mol. The molecule has 0 heterocycles. The van der Waals surface area contributed by atoms with Crippen LogP contribution < -0.4 is 0 Å². The fourth-order valence-electron chi connectivity index (χ4n) is 6.18. The Morgan fingerprint density at radius 1 is 0.492 bits per heavy atom. The Kier molecular flexibility index (Phi) is 43.5. The predicted molar refractivity (Wildman–Crippen MR) is 275 cm³/mol. The van der Waals surface area contributed by atoms with Gasteiger partial charge in [0.05, 0.1) is 27.7 Å². The molecule has 0 bridgehead atoms. The summed E-state index contributed by atoms with van der Waals surface area (Å²) >= 11 is 0. The Bertz CT molecular complexity index is 1470. The molecule has 0 aromatic heterocycles. The quantitative estimate of drug-likeness (QED) is 0.0212. The molecule has 0 radical (unpaired) electrons. The molecule has 0 saturated carbocycles. The van der Waals surface area contributed by atoms with Crippen molar-refractivity contribution in [3.05, 3.63) is 109 Å². The molecule has 9 nitrogen and oxygen atoms in total. The summed E-state index contributed by atoms with van der Waals surface area (Å²) in [5.74, 6) is -0.830. The minimum Gasteiger partial charge on any atom is -0.462 e. The number of carbonyl (C=O) groups is 2. The first kappa shape index (κ1) is 61.7. The van der Waals surface area contributed by atoms with E-state index >= 15 is 0 Å². The molecule has 370 valence electrons. The van der Waals surface area contributed by atoms with Crippen LogP contribution in [0, 0.1) is 0 Å². The smallest absolute Gasteiger partial charge is 0.462 e. The summed E-state index contributed by atoms with van der Waals surface area (Å²) in [5.41, 5.74) is 0. The number of rotatable bonds is 44. The maximum absolute atomic E-state index is 12.7. The highest BCUT2D eigenvalue weighted by Crippen LogP contribution is 2.43. The Morgan fingerprint density at radius 3 is 1.31 bits per heavy atom. The van der Waals surface area contributed by atoms with E-state index in [1.807, 2.05) is 21.1 Å². The molecule has 65 heavy (non-hydrogen) atoms. The summed E-state index contributed by atoms with van der Waals surface area (Å²) in [4.78, 5) is 35.2. The van der Waals surface area contributed by atoms with E-state index < -0.39 is 26.5 Å². The van der Waals surface area contributed by atoms with Crippen molar-refractivity contribution in [1.82, 2.24) is 0 Å². The summed E-state index contributed by atoms with van der Waals surface area (Å²) in [6, 6.07) is 0. The Hall–Kier alpha value is -3.33. The van der Waals surface area contributed by atoms with E-state index in [1.54, 1.807) is 0 Å². The standard InChI is InChI=1S/C55H92NO8P/c1-6-8-10-12-14-15-16-17-18-19-20-21-22-23-24-25-26-27-28-29-30-31-32-33-34-35-36-37-38-39-40-41-42-44-46-48-55(58)64-53(51-61-54(57)47-45-43-13-11-9-7-2)52-63-65(59,60)62-50-49-56(3,4)5/h8,10,14-15,17-18,20-21,23-24,26-27,29-30,32-33,35-36,53H,6-7,9,11-13,16,19,22,25,28,31,34,37-52H2,1-5H3/p+1/b10-8-,15-14-,18-17-,21-20-,24-23-,27-26-,30-29-,33-32-,36-35-. The molecule has 0 fully saturated rings. The topological polar surface area (TPSA) is 108 Å². The van der Waals surface area contributed by atoms with E-state index in [2.05, 4.69) is 123 Å². The first-order chi connectivity index (χ1) is 31.5. The molecule has 1 N–H and O–H groups in total. The summed E-state index contributed by atoms with van der Waals surface area (Å²) in [6.07, 6.45) is 63.3. The average molecular weight is 927 g/mol. The van der Waals surface area contributed by atoms with Crippen LogP contribution in [0.5, 0.6) is 0 Å². The van der Waals surface area contributed by atoms with Crippen LogP contribution >= 0.6 is 7.82 Å². The maximum Gasteiger partial charge on any atom is 0.472 e. The number of esters is 2. The minimum absolute atomic E-state index is 0.0244. The van der Waals surface area contributed by atoms with Gasteiger partial charge in [0.25, 0.3) is 0 Å². The van der Waals surface area contributed by atoms with Gasteiger partial charge < -0.3 is 18.9 Å². The lowest BCUT2D eigenvalue weighted by atomic mass is 10.1. The molecular weight excluding hydrogens is 834 g/mol. The van der Waals surface area contributed by atoms with Crippen LogP contribution in [0.25, 0.3) is 0 Å². The summed E-state index contributed by atoms with van der Waals surface area (Å²) < 4.78 is 34.2. The Morgan fingerprint density at radius 2 is 0.877 bits per heavy atom. The van der Waals surface area contributed by atoms with Gasteiger partial charge in [0.15, 0.2) is 6.10 Å². The Labute approximate surface area is 397 Å². The lowest BCUT2D eigenvalue weighted by Crippen LogP contribution is -2.37. The van der Waals surface area contributed by atoms with E-state index in [-0.39, 0.29) is 32.0 Å². The second-order valence-corrected chi connectivity index (χ2v) is 18.9. The summed E-state index contributed by atoms with van der Waals surface area (Å²) in [5, 5.41) is 0. The molecule has 0 amide bonds. The van der Waals surface area contributed by atoms with Crippen LogP contribution in [0.4, 0.5) is 0 Å². The van der Waals surface area contributed by atoms with Gasteiger partial charge in [-0.3, -0.25) is 18.6 Å². The van der Waals surface area contributed by atoms with Gasteiger partial charge in [-0.2, -0.15) is 0 Å². The van der Waals surface area contributed by atoms with Gasteiger partial charge in [0, 0.05) is 12.8 Å². The van der Waals surface area contributed by atoms with Crippen LogP contribution in [0.1, 0.15) is 174 Å². The van der Waals surface area contributed by atoms with Gasteiger partial charge >= 0.3 is 19.8 Å². The van der Waals surface area contributed by atoms with Crippen molar-refractivity contribution in [3.8, 4) is 0 Å². The fraction of sp³-hybridized carbons (Fsp3) is 0.636. The molecule has 0 spiro atoms. The molecule has 0 rings (SSSR count). The van der Waals surface area contributed by atoms with Crippen LogP contribution in [0.2, 0.25) is 0 Å². The van der Waals surface area contributed by atoms with Gasteiger partial charge in [-0.1, -0.05) is 187 Å². The third-order valence-electron chi connectivity index (χ3n) is 10.1. The largest absolute Gasteiger partial charge is 0.472 e. The van der Waals surface area contributed by atoms with E-state index in [9.17, 15) is 19.0 Å². The number of unbranched alkanes of at least 4 members (excludes halogenated alkanes) is 12. The Balaban J connectivity index is 4.08. The second-order valence-electron chi connectivity index (χ2n) is 17.5. The van der Waals surface area contributed by atoms with Crippen molar-refractivity contribution >= 4 is 19.8 Å². The van der Waals surface area contributed by atoms with E-state index in [4.69, 9.17) is 18.5 Å². The zero-order chi connectivity index (χ0) is 47.8. The molecule has 2 atom stereocenters. The van der Waals surface area contributed by atoms with Gasteiger partial charge in [-0.15, -0.1) is 0 Å². The van der Waals surface area contributed by atoms with Crippen molar-refractivity contribution in [2.75, 3.05) is 47.5 Å². The average Bonchev–Trinajstić information content (AvgIpc) is 3.26. The minimum atomic E-state index is -4.38. The fourth-order valence-corrected chi connectivity index (χ4v) is 6.92. The SMILES string of the molecule is CC/C=C\C/C=C\C/C=C\C/C=C\C/C=C\C/C=C\C/C=C\C/C=C\C/C=C\CCCCCCCCCC(=O)OC(COC(=O)CCCCCCCC)COP(=O)(O)OCC[N+](C)(C)C. The molecular formula is C55H93NO8P+. The van der Waals surface area contributed by atoms with E-state index in [0.29, 0.717) is 17.4 Å². The van der Waals surface area contributed by atoms with Gasteiger partial charge in [-0.25, -0.2) is 4.57 Å². The lowest BCUT2D eigenvalue weighted by molar-refractivity contribution is -0.870. The molecule has 0 aliphatic rings. The number of quaternary nitrogens is 1. The first-order valence-corrected chi connectivity index (χ1v) is 26.6. The highest BCUT2D eigenvalue weighted by Gasteiger charge is 2.27. The van der Waals surface area contributed by atoms with Crippen molar-refractivity contribution < 1.29 is 42.1 Å². The number of carbonyl (C=O) groups excluding carboxylic acids is 2. The van der Waals surface area contributed by atoms with Gasteiger partial charge in [-0.05, 0) is 83.5 Å². The zero-order valence-corrected chi connectivity index (χ0v) is 42.6. The normalized spacial score (nSPS) is 14.4. The van der Waals surface area contributed by atoms with Gasteiger partial charge in [0.1, 0.15) is 19.8 Å². The van der Waals surface area contributed by atoms with Crippen molar-refractivity contribution in [3.63, 3.8) is 0 Å². The van der Waals surface area contributed by atoms with Crippen molar-refractivity contribution in [2.45, 2.75) is 180 Å². The first-order valence-electron chi connectivity index (χ1n) is 25.1. The zero-order valence-electron chi connectivity index (χ0n) is 41.7. The number of ether oxygens (including phenoxy) is 2. The third kappa shape index (κ3) is 49.9. The number of phosphoric acid groups is 1. The van der Waals surface area contributed by atoms with Crippen LogP contribution in [0.3, 0.4) is 0 Å². The highest BCUT2D eigenvalue weighted by atomic mass is 31.2. The van der Waals surface area contributed by atoms with Gasteiger partial charge in [0.2, 0.25) is 0 Å². The highest BCUT2D eigenvalue weighted by molar-refractivity contribution is 7.47. The molecule has 0 aliphatic heterocycles. The number of allylic oxidation sites excluding steroid dienone is 18. The van der Waals surface area contributed by atoms with Crippen LogP contribution in [-0.2, 0) is 32.7 Å². The summed E-state index contributed by atoms with van der Waals surface area (Å²) in [6.45, 7) is 4.20. The number of likely N-dealkylation sites (N-methyl/N-ethyl adjacent to an activating group) is 1. The molecule has 0 aromatic carbocycles. The molecule has 0 saturated heterocycles. The second kappa shape index (κ2) is 45.8. The molecule has 2 unspecified atom stereocenters. The number of hydrogen-bond donors (Lipinski definition) is 1. The van der Waals surface area contributed by atoms with Crippen molar-refractivity contribution in [2.24, 2.45) is 0 Å². The number of phosphoric ester groups is 1. The van der Waals surface area contributed by atoms with E-state index in [0.717, 1.165) is 116 Å². The molecule has 0 aromatic rings. The number of hydrogen-bond acceptors (Lipinski definition) is 7. The molecule has 10 heteroatoms. The third-order valence-corrected chi connectivity index (χ3v) is 11.1. The number of nitrogens with zero attached hydrogens (tertiary/aromatic N) is 1. The summed E-state index contributed by atoms with van der Waals surface area (Å²) in [7, 11) is 1.45. The lowest BCUT2D eigenvalue weighted by Gasteiger charge is -2.24. The predicted octanol–water partition coefficient (Wildman–Crippen LogP) is 15.1. The van der Waals surface area contributed by atoms with E-state index in [1.165, 1.54) is 25.7 Å². The van der Waals surface area contributed by atoms with Crippen molar-refractivity contribution in [1.29, 1.82) is 0 Å². The molecule has 0 aliphatic carbocycles. The maximum atomic E-state index is 12.7. The van der Waals surface area contributed by atoms with Crippen LogP contribution in [0.15, 0.2) is 109 Å². The van der Waals surface area contributed by atoms with Crippen LogP contribution in [-0.4, -0.2) is 74.9 Å².